The Kier molecular flexibility index (Phi) is 6.18. The van der Waals surface area contributed by atoms with Gasteiger partial charge in [-0.15, -0.1) is 0 Å². The Balaban J connectivity index is 1.72. The number of piperazine rings is 1. The molecule has 1 N–H and O–H groups in total. The van der Waals surface area contributed by atoms with E-state index in [2.05, 4.69) is 16.9 Å². The molecule has 0 radical (unpaired) electrons. The summed E-state index contributed by atoms with van der Waals surface area (Å²) in [5, 5.41) is 2.55. The Bertz CT molecular complexity index is 1030. The predicted molar refractivity (Wildman–Crippen MR) is 110 cm³/mol. The van der Waals surface area contributed by atoms with Gasteiger partial charge in [-0.1, -0.05) is 6.58 Å². The molecule has 1 aliphatic heterocycles. The normalized spacial score (nSPS) is 15.6. The van der Waals surface area contributed by atoms with Crippen molar-refractivity contribution in [3.8, 4) is 0 Å². The molecule has 1 fully saturated rings. The van der Waals surface area contributed by atoms with Crippen LogP contribution in [0.15, 0.2) is 60.1 Å². The molecule has 0 saturated carbocycles. The van der Waals surface area contributed by atoms with Crippen LogP contribution in [-0.2, 0) is 20.7 Å². The van der Waals surface area contributed by atoms with Crippen molar-refractivity contribution in [2.45, 2.75) is 17.7 Å². The third kappa shape index (κ3) is 4.65. The quantitative estimate of drug-likeness (QED) is 0.705. The molecule has 10 heteroatoms. The van der Waals surface area contributed by atoms with Gasteiger partial charge in [-0.25, -0.2) is 22.2 Å². The highest BCUT2D eigenvalue weighted by atomic mass is 32.2. The molecule has 7 nitrogen and oxygen atoms in total. The van der Waals surface area contributed by atoms with Gasteiger partial charge in [-0.3, -0.25) is 4.79 Å². The van der Waals surface area contributed by atoms with Gasteiger partial charge in [0, 0.05) is 45.0 Å². The Hall–Kier alpha value is -2.85. The highest BCUT2D eigenvalue weighted by molar-refractivity contribution is 7.89. The van der Waals surface area contributed by atoms with Crippen molar-refractivity contribution in [3.05, 3.63) is 60.8 Å². The van der Waals surface area contributed by atoms with Crippen molar-refractivity contribution >= 4 is 27.4 Å². The molecule has 1 amide bonds. The molecule has 0 spiro atoms. The third-order valence-electron chi connectivity index (χ3n) is 4.74. The molecule has 0 bridgehead atoms. The summed E-state index contributed by atoms with van der Waals surface area (Å²) >= 11 is 0. The molecule has 0 atom stereocenters. The molecule has 0 unspecified atom stereocenters. The number of rotatable bonds is 6. The van der Waals surface area contributed by atoms with E-state index in [4.69, 9.17) is 0 Å². The number of nitrogens with one attached hydrogen (secondary N) is 1. The molecule has 1 saturated heterocycles. The van der Waals surface area contributed by atoms with Crippen LogP contribution >= 0.6 is 0 Å². The van der Waals surface area contributed by atoms with Crippen LogP contribution in [0.5, 0.6) is 0 Å². The van der Waals surface area contributed by atoms with Crippen LogP contribution in [0.25, 0.3) is 0 Å². The summed E-state index contributed by atoms with van der Waals surface area (Å²) in [6.07, 6.45) is 2.56. The van der Waals surface area contributed by atoms with Crippen LogP contribution in [0.2, 0.25) is 0 Å². The lowest BCUT2D eigenvalue weighted by Crippen LogP contribution is -2.49. The second kappa shape index (κ2) is 8.49. The number of halogens is 2. The number of sulfonamides is 1. The lowest BCUT2D eigenvalue weighted by molar-refractivity contribution is -0.111. The molecule has 1 aliphatic rings. The Morgan fingerprint density at radius 3 is 2.37 bits per heavy atom. The van der Waals surface area contributed by atoms with Crippen LogP contribution in [-0.4, -0.2) is 49.8 Å². The predicted octanol–water partition coefficient (Wildman–Crippen LogP) is 2.83. The summed E-state index contributed by atoms with van der Waals surface area (Å²) in [5.41, 5.74) is 0.269. The topological polar surface area (TPSA) is 82.6 Å². The number of nitrogens with zero attached hydrogens (tertiary/aromatic N) is 3. The molecule has 2 aromatic rings. The first kappa shape index (κ1) is 21.8. The van der Waals surface area contributed by atoms with E-state index >= 15 is 0 Å². The van der Waals surface area contributed by atoms with E-state index in [9.17, 15) is 22.0 Å². The molecule has 2 heterocycles. The van der Waals surface area contributed by atoms with Crippen LogP contribution in [0.3, 0.4) is 0 Å². The van der Waals surface area contributed by atoms with Gasteiger partial charge in [0.15, 0.2) is 0 Å². The van der Waals surface area contributed by atoms with E-state index in [1.54, 1.807) is 4.90 Å². The number of carbonyl (C=O) groups is 1. The fraction of sp³-hybridized carbons (Fsp3) is 0.300. The van der Waals surface area contributed by atoms with E-state index in [0.717, 1.165) is 13.0 Å². The molecule has 30 heavy (non-hydrogen) atoms. The zero-order valence-electron chi connectivity index (χ0n) is 16.4. The second-order valence-electron chi connectivity index (χ2n) is 6.87. The number of anilines is 2. The lowest BCUT2D eigenvalue weighted by atomic mass is 10.1. The summed E-state index contributed by atoms with van der Waals surface area (Å²) < 4.78 is 54.9. The van der Waals surface area contributed by atoms with Crippen molar-refractivity contribution in [1.29, 1.82) is 0 Å². The van der Waals surface area contributed by atoms with Gasteiger partial charge in [-0.2, -0.15) is 4.31 Å². The minimum absolute atomic E-state index is 0.0890. The van der Waals surface area contributed by atoms with Crippen LogP contribution in [0, 0.1) is 0 Å². The first-order chi connectivity index (χ1) is 14.1. The average molecular weight is 436 g/mol. The maximum absolute atomic E-state index is 13.9. The summed E-state index contributed by atoms with van der Waals surface area (Å²) in [6.45, 7) is 4.94. The monoisotopic (exact) mass is 436 g/mol. The molecule has 1 aromatic heterocycles. The average Bonchev–Trinajstić information content (AvgIpc) is 2.73. The maximum atomic E-state index is 13.9. The van der Waals surface area contributed by atoms with Gasteiger partial charge in [0.05, 0.1) is 10.5 Å². The minimum atomic E-state index is -3.75. The number of benzene rings is 1. The van der Waals surface area contributed by atoms with Gasteiger partial charge < -0.3 is 10.2 Å². The van der Waals surface area contributed by atoms with Crippen molar-refractivity contribution in [1.82, 2.24) is 9.29 Å². The molecule has 3 rings (SSSR count). The number of aromatic nitrogens is 1. The minimum Gasteiger partial charge on any atom is -0.354 e. The third-order valence-corrected chi connectivity index (χ3v) is 6.66. The van der Waals surface area contributed by atoms with Gasteiger partial charge in [0.25, 0.3) is 5.92 Å². The van der Waals surface area contributed by atoms with Crippen molar-refractivity contribution in [2.75, 3.05) is 36.4 Å². The van der Waals surface area contributed by atoms with Crippen molar-refractivity contribution in [3.63, 3.8) is 0 Å². The largest absolute Gasteiger partial charge is 0.354 e. The van der Waals surface area contributed by atoms with E-state index in [-0.39, 0.29) is 42.5 Å². The first-order valence-electron chi connectivity index (χ1n) is 9.25. The number of hydrogen-bond donors (Lipinski definition) is 1. The fourth-order valence-corrected chi connectivity index (χ4v) is 4.61. The van der Waals surface area contributed by atoms with Crippen molar-refractivity contribution in [2.24, 2.45) is 0 Å². The number of hydrogen-bond acceptors (Lipinski definition) is 5. The number of amides is 1. The van der Waals surface area contributed by atoms with Crippen molar-refractivity contribution < 1.29 is 22.0 Å². The highest BCUT2D eigenvalue weighted by Gasteiger charge is 2.33. The fourth-order valence-electron chi connectivity index (χ4n) is 3.18. The molecule has 1 aromatic carbocycles. The maximum Gasteiger partial charge on any atom is 0.274 e. The number of alkyl halides is 2. The zero-order valence-corrected chi connectivity index (χ0v) is 17.2. The summed E-state index contributed by atoms with van der Waals surface area (Å²) in [6, 6.07) is 8.60. The zero-order chi connectivity index (χ0) is 21.9. The van der Waals surface area contributed by atoms with E-state index in [0.29, 0.717) is 5.69 Å². The smallest absolute Gasteiger partial charge is 0.274 e. The first-order valence-corrected chi connectivity index (χ1v) is 10.7. The molecular formula is C20H22F2N4O3S. The number of carbonyl (C=O) groups excluding carboxylic acids is 1. The Morgan fingerprint density at radius 1 is 1.17 bits per heavy atom. The van der Waals surface area contributed by atoms with Crippen LogP contribution in [0.4, 0.5) is 20.3 Å². The molecule has 160 valence electrons. The van der Waals surface area contributed by atoms with Crippen LogP contribution < -0.4 is 10.2 Å². The highest BCUT2D eigenvalue weighted by Crippen LogP contribution is 2.34. The van der Waals surface area contributed by atoms with Gasteiger partial charge in [-0.05, 0) is 42.5 Å². The molecular weight excluding hydrogens is 414 g/mol. The van der Waals surface area contributed by atoms with E-state index in [1.165, 1.54) is 46.9 Å². The van der Waals surface area contributed by atoms with Crippen LogP contribution in [0.1, 0.15) is 12.5 Å². The van der Waals surface area contributed by atoms with E-state index in [1.807, 2.05) is 0 Å². The SMILES string of the molecule is C=CC(=O)Nc1ccc(S(=O)(=O)N2CCN(c3ncccc3C(C)(F)F)CC2)cc1. The summed E-state index contributed by atoms with van der Waals surface area (Å²) in [4.78, 5) is 17.2. The van der Waals surface area contributed by atoms with E-state index < -0.39 is 21.9 Å². The van der Waals surface area contributed by atoms with Gasteiger partial charge >= 0.3 is 0 Å². The standard InChI is InChI=1S/C20H22F2N4O3S/c1-3-18(27)24-15-6-8-16(9-7-15)30(28,29)26-13-11-25(12-14-26)19-17(20(2,21)22)5-4-10-23-19/h3-10H,1,11-14H2,2H3,(H,24,27). The van der Waals surface area contributed by atoms with Gasteiger partial charge in [0.1, 0.15) is 5.82 Å². The van der Waals surface area contributed by atoms with Gasteiger partial charge in [0.2, 0.25) is 15.9 Å². The summed E-state index contributed by atoms with van der Waals surface area (Å²) in [5.74, 6) is -3.27. The Labute approximate surface area is 174 Å². The molecule has 0 aliphatic carbocycles. The summed E-state index contributed by atoms with van der Waals surface area (Å²) in [7, 11) is -3.75. The number of pyridine rings is 1. The second-order valence-corrected chi connectivity index (χ2v) is 8.81. The Morgan fingerprint density at radius 2 is 1.80 bits per heavy atom. The lowest BCUT2D eigenvalue weighted by Gasteiger charge is -2.36.